The van der Waals surface area contributed by atoms with Gasteiger partial charge in [0.25, 0.3) is 0 Å². The Hall–Kier alpha value is -3.44. The molecule has 134 valence electrons. The first-order valence-corrected chi connectivity index (χ1v) is 9.31. The van der Waals surface area contributed by atoms with Gasteiger partial charge >= 0.3 is 0 Å². The summed E-state index contributed by atoms with van der Waals surface area (Å²) in [7, 11) is 0. The lowest BCUT2D eigenvalue weighted by Crippen LogP contribution is -1.93. The molecule has 0 radical (unpaired) electrons. The maximum absolute atomic E-state index is 6.14. The Morgan fingerprint density at radius 3 is 1.56 bits per heavy atom. The highest BCUT2D eigenvalue weighted by atomic mass is 32.1. The minimum atomic E-state index is 0.696. The molecule has 0 unspecified atom stereocenters. The van der Waals surface area contributed by atoms with E-state index >= 15 is 0 Å². The third-order valence-corrected chi connectivity index (χ3v) is 4.86. The quantitative estimate of drug-likeness (QED) is 0.410. The maximum atomic E-state index is 6.14. The molecule has 5 heteroatoms. The van der Waals surface area contributed by atoms with Crippen molar-refractivity contribution in [1.82, 2.24) is 0 Å². The number of rotatable bonds is 5. The highest BCUT2D eigenvalue weighted by Gasteiger charge is 2.16. The van der Waals surface area contributed by atoms with Crippen LogP contribution >= 0.6 is 11.3 Å². The standard InChI is InChI=1S/C22H18N2O2S/c23-15-6-10-17(11-7-15)25-19-3-1-4-20(22(19)21-5-2-14-27-21)26-18-12-8-16(24)9-13-18/h1-14H,23-24H2. The van der Waals surface area contributed by atoms with Crippen LogP contribution in [0.15, 0.2) is 84.2 Å². The first-order chi connectivity index (χ1) is 13.2. The molecule has 0 aliphatic carbocycles. The summed E-state index contributed by atoms with van der Waals surface area (Å²) in [5.41, 5.74) is 13.8. The van der Waals surface area contributed by atoms with Crippen molar-refractivity contribution in [3.63, 3.8) is 0 Å². The zero-order chi connectivity index (χ0) is 18.6. The molecule has 0 aliphatic heterocycles. The lowest BCUT2D eigenvalue weighted by atomic mass is 10.1. The van der Waals surface area contributed by atoms with E-state index in [2.05, 4.69) is 0 Å². The lowest BCUT2D eigenvalue weighted by molar-refractivity contribution is 0.464. The monoisotopic (exact) mass is 374 g/mol. The van der Waals surface area contributed by atoms with Crippen molar-refractivity contribution >= 4 is 22.7 Å². The Bertz CT molecular complexity index is 961. The molecule has 4 rings (SSSR count). The normalized spacial score (nSPS) is 10.5. The molecule has 0 spiro atoms. The Kier molecular flexibility index (Phi) is 4.68. The summed E-state index contributed by atoms with van der Waals surface area (Å²) in [6.45, 7) is 0. The first-order valence-electron chi connectivity index (χ1n) is 8.43. The fourth-order valence-electron chi connectivity index (χ4n) is 2.67. The van der Waals surface area contributed by atoms with Gasteiger partial charge in [-0.25, -0.2) is 0 Å². The van der Waals surface area contributed by atoms with Crippen molar-refractivity contribution in [2.75, 3.05) is 11.5 Å². The van der Waals surface area contributed by atoms with Crippen molar-refractivity contribution in [1.29, 1.82) is 0 Å². The van der Waals surface area contributed by atoms with Crippen molar-refractivity contribution in [2.24, 2.45) is 0 Å². The second-order valence-electron chi connectivity index (χ2n) is 5.95. The van der Waals surface area contributed by atoms with Crippen LogP contribution in [0.3, 0.4) is 0 Å². The molecule has 0 fully saturated rings. The molecule has 0 saturated carbocycles. The van der Waals surface area contributed by atoms with E-state index in [1.54, 1.807) is 11.3 Å². The molecule has 1 aromatic heterocycles. The van der Waals surface area contributed by atoms with Gasteiger partial charge in [-0.1, -0.05) is 12.1 Å². The molecule has 0 bridgehead atoms. The van der Waals surface area contributed by atoms with Crippen LogP contribution in [0, 0.1) is 0 Å². The number of benzene rings is 3. The Labute approximate surface area is 161 Å². The van der Waals surface area contributed by atoms with Gasteiger partial charge in [0.1, 0.15) is 23.0 Å². The summed E-state index contributed by atoms with van der Waals surface area (Å²) in [5, 5.41) is 2.03. The van der Waals surface area contributed by atoms with Crippen LogP contribution in [0.25, 0.3) is 10.4 Å². The van der Waals surface area contributed by atoms with Gasteiger partial charge in [-0.05, 0) is 72.1 Å². The summed E-state index contributed by atoms with van der Waals surface area (Å²) in [4.78, 5) is 1.06. The van der Waals surface area contributed by atoms with Crippen LogP contribution in [-0.4, -0.2) is 0 Å². The Morgan fingerprint density at radius 2 is 1.11 bits per heavy atom. The lowest BCUT2D eigenvalue weighted by Gasteiger charge is -2.15. The summed E-state index contributed by atoms with van der Waals surface area (Å²) < 4.78 is 12.3. The second-order valence-corrected chi connectivity index (χ2v) is 6.90. The average Bonchev–Trinajstić information content (AvgIpc) is 3.20. The van der Waals surface area contributed by atoms with E-state index in [0.717, 1.165) is 21.9 Å². The van der Waals surface area contributed by atoms with Gasteiger partial charge in [0.05, 0.1) is 5.56 Å². The Morgan fingerprint density at radius 1 is 0.593 bits per heavy atom. The number of nitrogens with two attached hydrogens (primary N) is 2. The van der Waals surface area contributed by atoms with Gasteiger partial charge in [0, 0.05) is 16.3 Å². The molecule has 0 aliphatic rings. The highest BCUT2D eigenvalue weighted by molar-refractivity contribution is 7.13. The molecular formula is C22H18N2O2S. The van der Waals surface area contributed by atoms with Crippen LogP contribution in [-0.2, 0) is 0 Å². The molecule has 4 aromatic rings. The van der Waals surface area contributed by atoms with Crippen molar-refractivity contribution in [3.8, 4) is 33.4 Å². The molecular weight excluding hydrogens is 356 g/mol. The highest BCUT2D eigenvalue weighted by Crippen LogP contribution is 2.44. The van der Waals surface area contributed by atoms with E-state index in [4.69, 9.17) is 20.9 Å². The van der Waals surface area contributed by atoms with E-state index < -0.39 is 0 Å². The molecule has 3 aromatic carbocycles. The van der Waals surface area contributed by atoms with Gasteiger partial charge < -0.3 is 20.9 Å². The SMILES string of the molecule is Nc1ccc(Oc2cccc(Oc3ccc(N)cc3)c2-c2cccs2)cc1. The molecule has 4 N–H and O–H groups in total. The summed E-state index contributed by atoms with van der Waals surface area (Å²) in [5.74, 6) is 2.86. The van der Waals surface area contributed by atoms with Gasteiger partial charge in [0.2, 0.25) is 0 Å². The van der Waals surface area contributed by atoms with Crippen molar-refractivity contribution < 1.29 is 9.47 Å². The third kappa shape index (κ3) is 3.88. The number of hydrogen-bond acceptors (Lipinski definition) is 5. The van der Waals surface area contributed by atoms with Crippen molar-refractivity contribution in [2.45, 2.75) is 0 Å². The molecule has 0 saturated heterocycles. The van der Waals surface area contributed by atoms with Gasteiger partial charge in [-0.2, -0.15) is 0 Å². The molecule has 1 heterocycles. The van der Waals surface area contributed by atoms with Crippen LogP contribution in [0.4, 0.5) is 11.4 Å². The van der Waals surface area contributed by atoms with Crippen LogP contribution < -0.4 is 20.9 Å². The smallest absolute Gasteiger partial charge is 0.139 e. The number of hydrogen-bond donors (Lipinski definition) is 2. The predicted octanol–water partition coefficient (Wildman–Crippen LogP) is 6.16. The molecule has 0 atom stereocenters. The topological polar surface area (TPSA) is 70.5 Å². The largest absolute Gasteiger partial charge is 0.457 e. The van der Waals surface area contributed by atoms with Gasteiger partial charge in [-0.15, -0.1) is 11.3 Å². The summed E-state index contributed by atoms with van der Waals surface area (Å²) in [6.07, 6.45) is 0. The summed E-state index contributed by atoms with van der Waals surface area (Å²) >= 11 is 1.63. The number of thiophene rings is 1. The molecule has 0 amide bonds. The molecule has 4 nitrogen and oxygen atoms in total. The summed E-state index contributed by atoms with van der Waals surface area (Å²) in [6, 6.07) is 24.5. The minimum Gasteiger partial charge on any atom is -0.457 e. The van der Waals surface area contributed by atoms with E-state index in [-0.39, 0.29) is 0 Å². The van der Waals surface area contributed by atoms with E-state index in [9.17, 15) is 0 Å². The van der Waals surface area contributed by atoms with Crippen LogP contribution in [0.5, 0.6) is 23.0 Å². The predicted molar refractivity (Wildman–Crippen MR) is 112 cm³/mol. The van der Waals surface area contributed by atoms with E-state index in [0.29, 0.717) is 22.9 Å². The maximum Gasteiger partial charge on any atom is 0.139 e. The van der Waals surface area contributed by atoms with E-state index in [1.165, 1.54) is 0 Å². The average molecular weight is 374 g/mol. The molecule has 27 heavy (non-hydrogen) atoms. The van der Waals surface area contributed by atoms with Gasteiger partial charge in [0.15, 0.2) is 0 Å². The number of nitrogen functional groups attached to an aromatic ring is 2. The van der Waals surface area contributed by atoms with E-state index in [1.807, 2.05) is 84.2 Å². The van der Waals surface area contributed by atoms with Gasteiger partial charge in [-0.3, -0.25) is 0 Å². The second kappa shape index (κ2) is 7.43. The van der Waals surface area contributed by atoms with Crippen LogP contribution in [0.2, 0.25) is 0 Å². The Balaban J connectivity index is 1.74. The number of anilines is 2. The van der Waals surface area contributed by atoms with Crippen LogP contribution in [0.1, 0.15) is 0 Å². The zero-order valence-electron chi connectivity index (χ0n) is 14.5. The number of ether oxygens (including phenoxy) is 2. The fraction of sp³-hybridized carbons (Fsp3) is 0. The first kappa shape index (κ1) is 17.0. The minimum absolute atomic E-state index is 0.696. The van der Waals surface area contributed by atoms with Crippen molar-refractivity contribution in [3.05, 3.63) is 84.2 Å². The third-order valence-electron chi connectivity index (χ3n) is 3.97. The zero-order valence-corrected chi connectivity index (χ0v) is 15.3. The fourth-order valence-corrected chi connectivity index (χ4v) is 3.45.